The predicted octanol–water partition coefficient (Wildman–Crippen LogP) is 1.57. The van der Waals surface area contributed by atoms with E-state index in [2.05, 4.69) is 5.10 Å². The van der Waals surface area contributed by atoms with Crippen LogP contribution in [0.3, 0.4) is 0 Å². The van der Waals surface area contributed by atoms with Crippen LogP contribution in [0.15, 0.2) is 12.4 Å². The topological polar surface area (TPSA) is 75.4 Å². The van der Waals surface area contributed by atoms with Crippen LogP contribution in [0.5, 0.6) is 0 Å². The molecular formula is C14H21N3O3. The molecule has 0 spiro atoms. The molecule has 1 fully saturated rings. The molecule has 1 aliphatic rings. The van der Waals surface area contributed by atoms with E-state index >= 15 is 0 Å². The van der Waals surface area contributed by atoms with E-state index < -0.39 is 11.9 Å². The Morgan fingerprint density at radius 2 is 2.10 bits per heavy atom. The van der Waals surface area contributed by atoms with Crippen molar-refractivity contribution < 1.29 is 14.7 Å². The maximum absolute atomic E-state index is 12.4. The maximum Gasteiger partial charge on any atom is 0.308 e. The zero-order valence-electron chi connectivity index (χ0n) is 12.2. The lowest BCUT2D eigenvalue weighted by molar-refractivity contribution is -0.143. The fourth-order valence-corrected chi connectivity index (χ4v) is 2.35. The van der Waals surface area contributed by atoms with Crippen molar-refractivity contribution >= 4 is 11.9 Å². The Morgan fingerprint density at radius 1 is 1.40 bits per heavy atom. The lowest BCUT2D eigenvalue weighted by Gasteiger charge is -2.30. The molecule has 20 heavy (non-hydrogen) atoms. The lowest BCUT2D eigenvalue weighted by Crippen LogP contribution is -2.42. The van der Waals surface area contributed by atoms with E-state index in [-0.39, 0.29) is 18.0 Å². The standard InChI is InChI=1S/C14H21N3O3/c1-14(2,3)17-9-11(7-15-17)12(18)16-6-4-5-10(8-16)13(19)20/h7,9-10H,4-6,8H2,1-3H3,(H,19,20)/t10-/m1/s1. The molecule has 1 aromatic rings. The minimum atomic E-state index is -0.826. The highest BCUT2D eigenvalue weighted by atomic mass is 16.4. The normalized spacial score (nSPS) is 19.9. The van der Waals surface area contributed by atoms with Crippen molar-refractivity contribution in [2.75, 3.05) is 13.1 Å². The van der Waals surface area contributed by atoms with Crippen molar-refractivity contribution in [2.24, 2.45) is 5.92 Å². The van der Waals surface area contributed by atoms with Crippen molar-refractivity contribution in [3.8, 4) is 0 Å². The summed E-state index contributed by atoms with van der Waals surface area (Å²) in [5.74, 6) is -1.41. The molecule has 0 bridgehead atoms. The molecule has 1 N–H and O–H groups in total. The Bertz CT molecular complexity index is 516. The molecule has 0 aliphatic carbocycles. The number of aliphatic carboxylic acids is 1. The second-order valence-electron chi connectivity index (χ2n) is 6.27. The first-order valence-electron chi connectivity index (χ1n) is 6.86. The summed E-state index contributed by atoms with van der Waals surface area (Å²) in [6.07, 6.45) is 4.65. The van der Waals surface area contributed by atoms with Crippen LogP contribution in [0, 0.1) is 5.92 Å². The second kappa shape index (κ2) is 5.26. The summed E-state index contributed by atoms with van der Waals surface area (Å²) in [6.45, 7) is 6.93. The summed E-state index contributed by atoms with van der Waals surface area (Å²) in [4.78, 5) is 25.0. The van der Waals surface area contributed by atoms with Gasteiger partial charge in [-0.3, -0.25) is 14.3 Å². The van der Waals surface area contributed by atoms with Crippen molar-refractivity contribution in [3.05, 3.63) is 18.0 Å². The molecule has 1 aliphatic heterocycles. The zero-order chi connectivity index (χ0) is 14.9. The van der Waals surface area contributed by atoms with Gasteiger partial charge in [0.2, 0.25) is 0 Å². The van der Waals surface area contributed by atoms with E-state index in [1.165, 1.54) is 0 Å². The van der Waals surface area contributed by atoms with Crippen LogP contribution in [0.2, 0.25) is 0 Å². The number of amides is 1. The Balaban J connectivity index is 2.11. The summed E-state index contributed by atoms with van der Waals surface area (Å²) < 4.78 is 1.75. The van der Waals surface area contributed by atoms with Crippen LogP contribution in [-0.4, -0.2) is 44.8 Å². The van der Waals surface area contributed by atoms with Gasteiger partial charge in [0, 0.05) is 19.3 Å². The van der Waals surface area contributed by atoms with Crippen molar-refractivity contribution in [1.82, 2.24) is 14.7 Å². The predicted molar refractivity (Wildman–Crippen MR) is 73.5 cm³/mol. The molecule has 0 saturated carbocycles. The molecule has 2 heterocycles. The zero-order valence-corrected chi connectivity index (χ0v) is 12.2. The first-order valence-corrected chi connectivity index (χ1v) is 6.86. The van der Waals surface area contributed by atoms with Crippen molar-refractivity contribution in [3.63, 3.8) is 0 Å². The average molecular weight is 279 g/mol. The minimum Gasteiger partial charge on any atom is -0.481 e. The fourth-order valence-electron chi connectivity index (χ4n) is 2.35. The number of hydrogen-bond donors (Lipinski definition) is 1. The van der Waals surface area contributed by atoms with E-state index in [0.29, 0.717) is 18.5 Å². The third-order valence-corrected chi connectivity index (χ3v) is 3.57. The van der Waals surface area contributed by atoms with Gasteiger partial charge in [-0.1, -0.05) is 0 Å². The van der Waals surface area contributed by atoms with Crippen LogP contribution in [-0.2, 0) is 10.3 Å². The largest absolute Gasteiger partial charge is 0.481 e. The molecule has 6 heteroatoms. The smallest absolute Gasteiger partial charge is 0.308 e. The molecule has 1 saturated heterocycles. The SMILES string of the molecule is CC(C)(C)n1cc(C(=O)N2CCC[C@@H](C(=O)O)C2)cn1. The molecule has 0 aromatic carbocycles. The number of carbonyl (C=O) groups excluding carboxylic acids is 1. The Labute approximate surface area is 118 Å². The molecular weight excluding hydrogens is 258 g/mol. The summed E-state index contributed by atoms with van der Waals surface area (Å²) >= 11 is 0. The van der Waals surface area contributed by atoms with Crippen LogP contribution >= 0.6 is 0 Å². The van der Waals surface area contributed by atoms with Gasteiger partial charge < -0.3 is 10.0 Å². The van der Waals surface area contributed by atoms with E-state index in [1.54, 1.807) is 22.0 Å². The van der Waals surface area contributed by atoms with Crippen LogP contribution in [0.4, 0.5) is 0 Å². The van der Waals surface area contributed by atoms with E-state index in [0.717, 1.165) is 6.42 Å². The number of carboxylic acids is 1. The van der Waals surface area contributed by atoms with Gasteiger partial charge in [0.25, 0.3) is 5.91 Å². The van der Waals surface area contributed by atoms with Gasteiger partial charge in [0.15, 0.2) is 0 Å². The van der Waals surface area contributed by atoms with Gasteiger partial charge in [0.1, 0.15) is 0 Å². The summed E-state index contributed by atoms with van der Waals surface area (Å²) in [7, 11) is 0. The monoisotopic (exact) mass is 279 g/mol. The van der Waals surface area contributed by atoms with Gasteiger partial charge in [-0.2, -0.15) is 5.10 Å². The quantitative estimate of drug-likeness (QED) is 0.891. The van der Waals surface area contributed by atoms with E-state index in [1.807, 2.05) is 20.8 Å². The van der Waals surface area contributed by atoms with Crippen LogP contribution in [0.25, 0.3) is 0 Å². The van der Waals surface area contributed by atoms with Gasteiger partial charge in [-0.15, -0.1) is 0 Å². The first-order chi connectivity index (χ1) is 9.29. The number of hydrogen-bond acceptors (Lipinski definition) is 3. The molecule has 2 rings (SSSR count). The van der Waals surface area contributed by atoms with Crippen molar-refractivity contribution in [1.29, 1.82) is 0 Å². The first kappa shape index (κ1) is 14.6. The molecule has 1 aromatic heterocycles. The summed E-state index contributed by atoms with van der Waals surface area (Å²) in [5.41, 5.74) is 0.343. The molecule has 0 radical (unpaired) electrons. The number of piperidine rings is 1. The average Bonchev–Trinajstić information content (AvgIpc) is 2.87. The highest BCUT2D eigenvalue weighted by Gasteiger charge is 2.29. The molecule has 1 atom stereocenters. The van der Waals surface area contributed by atoms with Crippen molar-refractivity contribution in [2.45, 2.75) is 39.2 Å². The number of likely N-dealkylation sites (tertiary alicyclic amines) is 1. The fraction of sp³-hybridized carbons (Fsp3) is 0.643. The second-order valence-corrected chi connectivity index (χ2v) is 6.27. The number of aromatic nitrogens is 2. The maximum atomic E-state index is 12.4. The van der Waals surface area contributed by atoms with Gasteiger partial charge in [-0.25, -0.2) is 0 Å². The van der Waals surface area contributed by atoms with Crippen LogP contribution in [0.1, 0.15) is 44.0 Å². The highest BCUT2D eigenvalue weighted by molar-refractivity contribution is 5.94. The van der Waals surface area contributed by atoms with E-state index in [4.69, 9.17) is 5.11 Å². The third kappa shape index (κ3) is 3.00. The number of rotatable bonds is 2. The van der Waals surface area contributed by atoms with Gasteiger partial charge >= 0.3 is 5.97 Å². The van der Waals surface area contributed by atoms with Gasteiger partial charge in [-0.05, 0) is 33.6 Å². The summed E-state index contributed by atoms with van der Waals surface area (Å²) in [5, 5.41) is 13.3. The minimum absolute atomic E-state index is 0.133. The number of carbonyl (C=O) groups is 2. The number of carboxylic acid groups (broad SMARTS) is 1. The lowest BCUT2D eigenvalue weighted by atomic mass is 9.98. The van der Waals surface area contributed by atoms with E-state index in [9.17, 15) is 9.59 Å². The molecule has 110 valence electrons. The Hall–Kier alpha value is -1.85. The number of nitrogens with zero attached hydrogens (tertiary/aromatic N) is 3. The van der Waals surface area contributed by atoms with Crippen LogP contribution < -0.4 is 0 Å². The summed E-state index contributed by atoms with van der Waals surface area (Å²) in [6, 6.07) is 0. The Morgan fingerprint density at radius 3 is 2.65 bits per heavy atom. The third-order valence-electron chi connectivity index (χ3n) is 3.57. The van der Waals surface area contributed by atoms with Gasteiger partial charge in [0.05, 0.1) is 23.2 Å². The molecule has 1 amide bonds. The highest BCUT2D eigenvalue weighted by Crippen LogP contribution is 2.20. The Kier molecular flexibility index (Phi) is 3.83. The molecule has 6 nitrogen and oxygen atoms in total. The molecule has 0 unspecified atom stereocenters.